The van der Waals surface area contributed by atoms with Crippen molar-refractivity contribution in [3.8, 4) is 0 Å². The summed E-state index contributed by atoms with van der Waals surface area (Å²) in [6, 6.07) is 14.5. The van der Waals surface area contributed by atoms with E-state index in [-0.39, 0.29) is 0 Å². The summed E-state index contributed by atoms with van der Waals surface area (Å²) < 4.78 is 2.20. The fourth-order valence-corrected chi connectivity index (χ4v) is 2.45. The quantitative estimate of drug-likeness (QED) is 0.774. The molecule has 0 fully saturated rings. The maximum Gasteiger partial charge on any atom is 0.140 e. The third-order valence-electron chi connectivity index (χ3n) is 3.33. The fourth-order valence-electron chi connectivity index (χ4n) is 2.45. The van der Waals surface area contributed by atoms with E-state index in [0.717, 1.165) is 18.6 Å². The van der Waals surface area contributed by atoms with Crippen LogP contribution in [0.3, 0.4) is 0 Å². The monoisotopic (exact) mass is 251 g/mol. The van der Waals surface area contributed by atoms with Gasteiger partial charge in [-0.3, -0.25) is 0 Å². The second-order valence-electron chi connectivity index (χ2n) is 4.68. The number of nitrogens with zero attached hydrogens (tertiary/aromatic N) is 2. The van der Waals surface area contributed by atoms with Gasteiger partial charge in [-0.15, -0.1) is 0 Å². The van der Waals surface area contributed by atoms with E-state index in [4.69, 9.17) is 5.73 Å². The van der Waals surface area contributed by atoms with Crippen molar-refractivity contribution in [1.82, 2.24) is 9.55 Å². The Morgan fingerprint density at radius 2 is 1.89 bits per heavy atom. The Kier molecular flexibility index (Phi) is 3.29. The summed E-state index contributed by atoms with van der Waals surface area (Å²) in [5.41, 5.74) is 9.28. The summed E-state index contributed by atoms with van der Waals surface area (Å²) in [4.78, 5) is 4.50. The van der Waals surface area contributed by atoms with Gasteiger partial charge in [-0.05, 0) is 36.2 Å². The first-order valence-electron chi connectivity index (χ1n) is 6.55. The predicted octanol–water partition coefficient (Wildman–Crippen LogP) is 2.59. The molecule has 0 amide bonds. The number of pyridine rings is 1. The van der Waals surface area contributed by atoms with Crippen molar-refractivity contribution in [2.45, 2.75) is 13.0 Å². The fraction of sp³-hybridized carbons (Fsp3) is 0.188. The standard InChI is InChI=1S/C16H17N3/c17-9-8-14-12-19(11-13-5-2-1-3-6-13)16-15(14)7-4-10-18-16/h1-7,10,12H,8-9,11,17H2. The highest BCUT2D eigenvalue weighted by molar-refractivity contribution is 5.80. The molecule has 2 heterocycles. The van der Waals surface area contributed by atoms with Crippen molar-refractivity contribution < 1.29 is 0 Å². The summed E-state index contributed by atoms with van der Waals surface area (Å²) in [6.07, 6.45) is 4.91. The van der Waals surface area contributed by atoms with Crippen LogP contribution in [-0.4, -0.2) is 16.1 Å². The molecule has 0 unspecified atom stereocenters. The minimum absolute atomic E-state index is 0.666. The molecule has 3 heteroatoms. The highest BCUT2D eigenvalue weighted by Gasteiger charge is 2.08. The Bertz CT molecular complexity index is 671. The van der Waals surface area contributed by atoms with Crippen LogP contribution >= 0.6 is 0 Å². The molecule has 19 heavy (non-hydrogen) atoms. The number of benzene rings is 1. The van der Waals surface area contributed by atoms with Gasteiger partial charge in [0, 0.05) is 24.3 Å². The molecule has 0 aliphatic carbocycles. The van der Waals surface area contributed by atoms with Crippen LogP contribution in [0.1, 0.15) is 11.1 Å². The zero-order chi connectivity index (χ0) is 13.1. The van der Waals surface area contributed by atoms with Crippen molar-refractivity contribution in [3.05, 3.63) is 66.0 Å². The van der Waals surface area contributed by atoms with Crippen molar-refractivity contribution >= 4 is 11.0 Å². The maximum atomic E-state index is 5.68. The molecule has 3 nitrogen and oxygen atoms in total. The molecule has 0 saturated heterocycles. The molecule has 96 valence electrons. The number of hydrogen-bond donors (Lipinski definition) is 1. The zero-order valence-corrected chi connectivity index (χ0v) is 10.8. The predicted molar refractivity (Wildman–Crippen MR) is 78.0 cm³/mol. The lowest BCUT2D eigenvalue weighted by atomic mass is 10.2. The van der Waals surface area contributed by atoms with Crippen LogP contribution in [0, 0.1) is 0 Å². The van der Waals surface area contributed by atoms with Crippen LogP contribution < -0.4 is 5.73 Å². The molecular formula is C16H17N3. The van der Waals surface area contributed by atoms with Crippen LogP contribution in [0.2, 0.25) is 0 Å². The average Bonchev–Trinajstić information content (AvgIpc) is 2.79. The largest absolute Gasteiger partial charge is 0.330 e. The molecular weight excluding hydrogens is 234 g/mol. The molecule has 0 saturated carbocycles. The van der Waals surface area contributed by atoms with Gasteiger partial charge in [0.05, 0.1) is 0 Å². The summed E-state index contributed by atoms with van der Waals surface area (Å²) in [7, 11) is 0. The highest BCUT2D eigenvalue weighted by Crippen LogP contribution is 2.20. The van der Waals surface area contributed by atoms with E-state index in [1.165, 1.54) is 16.5 Å². The summed E-state index contributed by atoms with van der Waals surface area (Å²) in [6.45, 7) is 1.51. The SMILES string of the molecule is NCCc1cn(Cc2ccccc2)c2ncccc12. The minimum atomic E-state index is 0.666. The van der Waals surface area contributed by atoms with Gasteiger partial charge >= 0.3 is 0 Å². The van der Waals surface area contributed by atoms with Gasteiger partial charge < -0.3 is 10.3 Å². The van der Waals surface area contributed by atoms with Gasteiger partial charge in [0.15, 0.2) is 0 Å². The second kappa shape index (κ2) is 5.24. The number of rotatable bonds is 4. The molecule has 0 aliphatic rings. The molecule has 3 aromatic rings. The van der Waals surface area contributed by atoms with Crippen molar-refractivity contribution in [1.29, 1.82) is 0 Å². The maximum absolute atomic E-state index is 5.68. The summed E-state index contributed by atoms with van der Waals surface area (Å²) in [5.74, 6) is 0. The second-order valence-corrected chi connectivity index (χ2v) is 4.68. The molecule has 0 radical (unpaired) electrons. The number of hydrogen-bond acceptors (Lipinski definition) is 2. The molecule has 0 spiro atoms. The lowest BCUT2D eigenvalue weighted by Gasteiger charge is -2.04. The third kappa shape index (κ3) is 2.37. The van der Waals surface area contributed by atoms with Crippen molar-refractivity contribution in [3.63, 3.8) is 0 Å². The smallest absolute Gasteiger partial charge is 0.140 e. The van der Waals surface area contributed by atoms with E-state index < -0.39 is 0 Å². The van der Waals surface area contributed by atoms with Gasteiger partial charge in [0.2, 0.25) is 0 Å². The Morgan fingerprint density at radius 3 is 2.68 bits per heavy atom. The molecule has 1 aromatic carbocycles. The topological polar surface area (TPSA) is 43.8 Å². The van der Waals surface area contributed by atoms with Crippen LogP contribution in [0.4, 0.5) is 0 Å². The van der Waals surface area contributed by atoms with E-state index in [9.17, 15) is 0 Å². The van der Waals surface area contributed by atoms with Crippen LogP contribution in [0.15, 0.2) is 54.9 Å². The van der Waals surface area contributed by atoms with Gasteiger partial charge in [0.1, 0.15) is 5.65 Å². The van der Waals surface area contributed by atoms with E-state index in [0.29, 0.717) is 6.54 Å². The summed E-state index contributed by atoms with van der Waals surface area (Å²) in [5, 5.41) is 1.21. The molecule has 0 bridgehead atoms. The van der Waals surface area contributed by atoms with E-state index in [2.05, 4.69) is 46.1 Å². The van der Waals surface area contributed by atoms with E-state index in [1.807, 2.05) is 18.3 Å². The summed E-state index contributed by atoms with van der Waals surface area (Å²) >= 11 is 0. The Labute approximate surface area is 112 Å². The van der Waals surface area contributed by atoms with Crippen LogP contribution in [0.25, 0.3) is 11.0 Å². The van der Waals surface area contributed by atoms with Gasteiger partial charge in [-0.25, -0.2) is 4.98 Å². The average molecular weight is 251 g/mol. The first-order valence-corrected chi connectivity index (χ1v) is 6.55. The van der Waals surface area contributed by atoms with Crippen molar-refractivity contribution in [2.24, 2.45) is 5.73 Å². The van der Waals surface area contributed by atoms with Gasteiger partial charge in [-0.1, -0.05) is 30.3 Å². The molecule has 2 aromatic heterocycles. The lowest BCUT2D eigenvalue weighted by molar-refractivity contribution is 0.817. The zero-order valence-electron chi connectivity index (χ0n) is 10.8. The Morgan fingerprint density at radius 1 is 1.05 bits per heavy atom. The first-order chi connectivity index (χ1) is 9.38. The van der Waals surface area contributed by atoms with E-state index >= 15 is 0 Å². The van der Waals surface area contributed by atoms with Gasteiger partial charge in [0.25, 0.3) is 0 Å². The van der Waals surface area contributed by atoms with Crippen LogP contribution in [-0.2, 0) is 13.0 Å². The normalized spacial score (nSPS) is 11.0. The van der Waals surface area contributed by atoms with Crippen LogP contribution in [0.5, 0.6) is 0 Å². The minimum Gasteiger partial charge on any atom is -0.330 e. The first kappa shape index (κ1) is 11.9. The van der Waals surface area contributed by atoms with Crippen molar-refractivity contribution in [2.75, 3.05) is 6.54 Å². The third-order valence-corrected chi connectivity index (χ3v) is 3.33. The lowest BCUT2D eigenvalue weighted by Crippen LogP contribution is -2.02. The molecule has 0 atom stereocenters. The molecule has 0 aliphatic heterocycles. The molecule has 3 rings (SSSR count). The van der Waals surface area contributed by atoms with E-state index in [1.54, 1.807) is 0 Å². The molecule has 2 N–H and O–H groups in total. The number of nitrogens with two attached hydrogens (primary N) is 1. The Balaban J connectivity index is 2.03. The highest BCUT2D eigenvalue weighted by atomic mass is 15.0. The van der Waals surface area contributed by atoms with Gasteiger partial charge in [-0.2, -0.15) is 0 Å². The number of fused-ring (bicyclic) bond motifs is 1. The number of aromatic nitrogens is 2. The Hall–Kier alpha value is -2.13.